The van der Waals surface area contributed by atoms with Crippen molar-refractivity contribution in [3.05, 3.63) is 89.4 Å². The van der Waals surface area contributed by atoms with E-state index in [9.17, 15) is 4.79 Å². The highest BCUT2D eigenvalue weighted by molar-refractivity contribution is 8.00. The first-order valence-electron chi connectivity index (χ1n) is 8.23. The van der Waals surface area contributed by atoms with Crippen molar-refractivity contribution in [1.29, 1.82) is 0 Å². The minimum atomic E-state index is -0.0806. The maximum absolute atomic E-state index is 12.5. The Morgan fingerprint density at radius 3 is 2.42 bits per heavy atom. The fraction of sp³-hybridized carbons (Fsp3) is 0.0952. The molecule has 0 aliphatic carbocycles. The zero-order chi connectivity index (χ0) is 17.9. The summed E-state index contributed by atoms with van der Waals surface area (Å²) in [5.41, 5.74) is 1.88. The Balaban J connectivity index is 1.62. The first-order chi connectivity index (χ1) is 12.7. The summed E-state index contributed by atoms with van der Waals surface area (Å²) in [6, 6.07) is 24.9. The Morgan fingerprint density at radius 2 is 1.65 bits per heavy atom. The molecule has 1 amide bonds. The first kappa shape index (κ1) is 17.0. The largest absolute Gasteiger partial charge is 0.457 e. The predicted molar refractivity (Wildman–Crippen MR) is 107 cm³/mol. The van der Waals surface area contributed by atoms with Gasteiger partial charge >= 0.3 is 0 Å². The molecule has 3 nitrogen and oxygen atoms in total. The molecule has 0 radical (unpaired) electrons. The van der Waals surface area contributed by atoms with Gasteiger partial charge in [-0.1, -0.05) is 41.9 Å². The highest BCUT2D eigenvalue weighted by Crippen LogP contribution is 2.42. The quantitative estimate of drug-likeness (QED) is 0.562. The number of rotatable bonds is 4. The number of halogens is 1. The lowest BCUT2D eigenvalue weighted by atomic mass is 10.1. The maximum atomic E-state index is 12.5. The van der Waals surface area contributed by atoms with Crippen molar-refractivity contribution in [3.63, 3.8) is 0 Å². The molecule has 3 aromatic rings. The third-order valence-corrected chi connectivity index (χ3v) is 5.56. The highest BCUT2D eigenvalue weighted by atomic mass is 35.5. The van der Waals surface area contributed by atoms with E-state index in [1.54, 1.807) is 23.9 Å². The molecular weight excluding hydrogens is 366 g/mol. The van der Waals surface area contributed by atoms with Gasteiger partial charge in [-0.25, -0.2) is 0 Å². The standard InChI is InChI=1S/C21H16ClNO2S/c22-16-9-11-17(12-10-16)23-20(24)14-26-21(23)15-5-4-8-19(13-15)25-18-6-2-1-3-7-18/h1-13,21H,14H2. The van der Waals surface area contributed by atoms with Crippen LogP contribution in [0.5, 0.6) is 11.5 Å². The van der Waals surface area contributed by atoms with E-state index in [1.165, 1.54) is 0 Å². The van der Waals surface area contributed by atoms with E-state index in [1.807, 2.05) is 71.6 Å². The molecule has 1 aliphatic rings. The summed E-state index contributed by atoms with van der Waals surface area (Å²) < 4.78 is 5.93. The van der Waals surface area contributed by atoms with Crippen molar-refractivity contribution in [2.45, 2.75) is 5.37 Å². The molecule has 1 aliphatic heterocycles. The monoisotopic (exact) mass is 381 g/mol. The SMILES string of the molecule is O=C1CSC(c2cccc(Oc3ccccc3)c2)N1c1ccc(Cl)cc1. The zero-order valence-corrected chi connectivity index (χ0v) is 15.4. The summed E-state index contributed by atoms with van der Waals surface area (Å²) in [6.45, 7) is 0. The first-order valence-corrected chi connectivity index (χ1v) is 9.65. The molecule has 1 heterocycles. The minimum absolute atomic E-state index is 0.0806. The summed E-state index contributed by atoms with van der Waals surface area (Å²) >= 11 is 7.59. The van der Waals surface area contributed by atoms with E-state index in [0.29, 0.717) is 10.8 Å². The van der Waals surface area contributed by atoms with Gasteiger partial charge in [-0.2, -0.15) is 0 Å². The normalized spacial score (nSPS) is 16.7. The number of ether oxygens (including phenoxy) is 1. The van der Waals surface area contributed by atoms with Crippen LogP contribution in [0.25, 0.3) is 0 Å². The summed E-state index contributed by atoms with van der Waals surface area (Å²) in [4.78, 5) is 14.3. The number of carbonyl (C=O) groups excluding carboxylic acids is 1. The average molecular weight is 382 g/mol. The molecular formula is C21H16ClNO2S. The van der Waals surface area contributed by atoms with Crippen molar-refractivity contribution in [2.75, 3.05) is 10.7 Å². The number of anilines is 1. The second-order valence-electron chi connectivity index (χ2n) is 5.89. The smallest absolute Gasteiger partial charge is 0.238 e. The lowest BCUT2D eigenvalue weighted by Crippen LogP contribution is -2.27. The molecule has 1 fully saturated rings. The second-order valence-corrected chi connectivity index (χ2v) is 7.40. The minimum Gasteiger partial charge on any atom is -0.457 e. The maximum Gasteiger partial charge on any atom is 0.238 e. The van der Waals surface area contributed by atoms with Crippen LogP contribution in [-0.4, -0.2) is 11.7 Å². The van der Waals surface area contributed by atoms with Gasteiger partial charge in [0.1, 0.15) is 16.9 Å². The number of benzene rings is 3. The van der Waals surface area contributed by atoms with Gasteiger partial charge in [-0.05, 0) is 54.1 Å². The lowest BCUT2D eigenvalue weighted by molar-refractivity contribution is -0.115. The fourth-order valence-corrected chi connectivity index (χ4v) is 4.20. The Kier molecular flexibility index (Phi) is 4.87. The van der Waals surface area contributed by atoms with E-state index < -0.39 is 0 Å². The molecule has 0 spiro atoms. The van der Waals surface area contributed by atoms with Gasteiger partial charge in [-0.3, -0.25) is 9.69 Å². The Labute approximate surface area is 161 Å². The lowest BCUT2D eigenvalue weighted by Gasteiger charge is -2.24. The van der Waals surface area contributed by atoms with E-state index in [2.05, 4.69) is 0 Å². The Bertz CT molecular complexity index is 915. The highest BCUT2D eigenvalue weighted by Gasteiger charge is 2.34. The molecule has 1 atom stereocenters. The van der Waals surface area contributed by atoms with Crippen LogP contribution in [0.15, 0.2) is 78.9 Å². The number of para-hydroxylation sites is 1. The van der Waals surface area contributed by atoms with Crippen LogP contribution in [0.3, 0.4) is 0 Å². The Morgan fingerprint density at radius 1 is 0.923 bits per heavy atom. The molecule has 130 valence electrons. The topological polar surface area (TPSA) is 29.5 Å². The van der Waals surface area contributed by atoms with Crippen molar-refractivity contribution >= 4 is 35.0 Å². The summed E-state index contributed by atoms with van der Waals surface area (Å²) in [6.07, 6.45) is 0. The van der Waals surface area contributed by atoms with Crippen LogP contribution in [-0.2, 0) is 4.79 Å². The number of hydrogen-bond acceptors (Lipinski definition) is 3. The van der Waals surface area contributed by atoms with Crippen LogP contribution in [0.2, 0.25) is 5.02 Å². The Hall–Kier alpha value is -2.43. The van der Waals surface area contributed by atoms with E-state index in [4.69, 9.17) is 16.3 Å². The van der Waals surface area contributed by atoms with Gasteiger partial charge in [0.25, 0.3) is 0 Å². The number of carbonyl (C=O) groups is 1. The van der Waals surface area contributed by atoms with Gasteiger partial charge in [0.2, 0.25) is 5.91 Å². The van der Waals surface area contributed by atoms with Crippen LogP contribution in [0, 0.1) is 0 Å². The zero-order valence-electron chi connectivity index (χ0n) is 13.8. The number of amides is 1. The molecule has 26 heavy (non-hydrogen) atoms. The van der Waals surface area contributed by atoms with Crippen LogP contribution < -0.4 is 9.64 Å². The van der Waals surface area contributed by atoms with Gasteiger partial charge in [0.05, 0.1) is 5.75 Å². The molecule has 3 aromatic carbocycles. The molecule has 5 heteroatoms. The molecule has 0 saturated carbocycles. The number of thioether (sulfide) groups is 1. The van der Waals surface area contributed by atoms with Gasteiger partial charge in [0, 0.05) is 10.7 Å². The van der Waals surface area contributed by atoms with E-state index in [-0.39, 0.29) is 11.3 Å². The van der Waals surface area contributed by atoms with Gasteiger partial charge in [0.15, 0.2) is 0 Å². The molecule has 4 rings (SSSR count). The van der Waals surface area contributed by atoms with Crippen LogP contribution >= 0.6 is 23.4 Å². The van der Waals surface area contributed by atoms with Crippen molar-refractivity contribution in [2.24, 2.45) is 0 Å². The number of hydrogen-bond donors (Lipinski definition) is 0. The van der Waals surface area contributed by atoms with Crippen molar-refractivity contribution in [3.8, 4) is 11.5 Å². The third kappa shape index (κ3) is 3.57. The van der Waals surface area contributed by atoms with Crippen LogP contribution in [0.1, 0.15) is 10.9 Å². The average Bonchev–Trinajstić information content (AvgIpc) is 3.05. The molecule has 0 aromatic heterocycles. The molecule has 1 saturated heterocycles. The molecule has 0 N–H and O–H groups in total. The van der Waals surface area contributed by atoms with Gasteiger partial charge in [-0.15, -0.1) is 11.8 Å². The summed E-state index contributed by atoms with van der Waals surface area (Å²) in [5.74, 6) is 2.09. The molecule has 1 unspecified atom stereocenters. The van der Waals surface area contributed by atoms with Crippen molar-refractivity contribution in [1.82, 2.24) is 0 Å². The van der Waals surface area contributed by atoms with E-state index >= 15 is 0 Å². The van der Waals surface area contributed by atoms with Gasteiger partial charge < -0.3 is 4.74 Å². The third-order valence-electron chi connectivity index (χ3n) is 4.09. The van der Waals surface area contributed by atoms with Crippen LogP contribution in [0.4, 0.5) is 5.69 Å². The predicted octanol–water partition coefficient (Wildman–Crippen LogP) is 5.91. The molecule has 0 bridgehead atoms. The van der Waals surface area contributed by atoms with Crippen molar-refractivity contribution < 1.29 is 9.53 Å². The fourth-order valence-electron chi connectivity index (χ4n) is 2.91. The summed E-state index contributed by atoms with van der Waals surface area (Å²) in [7, 11) is 0. The van der Waals surface area contributed by atoms with E-state index in [0.717, 1.165) is 22.7 Å². The summed E-state index contributed by atoms with van der Waals surface area (Å²) in [5, 5.41) is 0.575. The number of nitrogens with zero attached hydrogens (tertiary/aromatic N) is 1. The second kappa shape index (κ2) is 7.44.